The second-order valence-electron chi connectivity index (χ2n) is 8.46. The molecule has 1 fully saturated rings. The highest BCUT2D eigenvalue weighted by atomic mass is 16.6. The van der Waals surface area contributed by atoms with Crippen LogP contribution in [0.1, 0.15) is 47.4 Å². The molecule has 7 heteroatoms. The van der Waals surface area contributed by atoms with Crippen LogP contribution in [0.25, 0.3) is 0 Å². The molecule has 1 aliphatic heterocycles. The molecule has 2 aliphatic rings. The highest BCUT2D eigenvalue weighted by molar-refractivity contribution is 6.02. The number of carbonyl (C=O) groups excluding carboxylic acids is 2. The monoisotopic (exact) mass is 446 g/mol. The molecule has 0 radical (unpaired) electrons. The van der Waals surface area contributed by atoms with Gasteiger partial charge < -0.3 is 24.5 Å². The third kappa shape index (κ3) is 4.31. The van der Waals surface area contributed by atoms with Crippen LogP contribution in [0, 0.1) is 0 Å². The minimum absolute atomic E-state index is 0.0155. The average molecular weight is 447 g/mol. The fraction of sp³-hybridized carbons (Fsp3) is 0.308. The predicted molar refractivity (Wildman–Crippen MR) is 123 cm³/mol. The van der Waals surface area contributed by atoms with E-state index in [2.05, 4.69) is 10.6 Å². The molecule has 1 aliphatic carbocycles. The van der Waals surface area contributed by atoms with Crippen molar-refractivity contribution >= 4 is 17.5 Å². The van der Waals surface area contributed by atoms with Crippen molar-refractivity contribution in [2.24, 2.45) is 0 Å². The molecule has 0 unspecified atom stereocenters. The van der Waals surface area contributed by atoms with Crippen molar-refractivity contribution in [1.82, 2.24) is 5.32 Å². The molecule has 2 aromatic carbocycles. The SMILES string of the molecule is O=C(Nc1cccc(CNC(=O)C2(c3ccc4c(c3)OCCO4)CCCC2)c1)c1ccco1. The minimum Gasteiger partial charge on any atom is -0.486 e. The molecular weight excluding hydrogens is 420 g/mol. The van der Waals surface area contributed by atoms with Gasteiger partial charge in [0.05, 0.1) is 11.7 Å². The Morgan fingerprint density at radius 1 is 0.909 bits per heavy atom. The normalized spacial score (nSPS) is 16.2. The summed E-state index contributed by atoms with van der Waals surface area (Å²) in [5.41, 5.74) is 1.95. The summed E-state index contributed by atoms with van der Waals surface area (Å²) in [6.07, 6.45) is 5.09. The lowest BCUT2D eigenvalue weighted by molar-refractivity contribution is -0.126. The van der Waals surface area contributed by atoms with E-state index < -0.39 is 5.41 Å². The molecule has 33 heavy (non-hydrogen) atoms. The van der Waals surface area contributed by atoms with Crippen LogP contribution >= 0.6 is 0 Å². The molecular formula is C26H26N2O5. The summed E-state index contributed by atoms with van der Waals surface area (Å²) in [7, 11) is 0. The van der Waals surface area contributed by atoms with Gasteiger partial charge in [-0.05, 0) is 60.4 Å². The lowest BCUT2D eigenvalue weighted by Gasteiger charge is -2.30. The minimum atomic E-state index is -0.569. The molecule has 2 N–H and O–H groups in total. The van der Waals surface area contributed by atoms with Crippen LogP contribution in [0.5, 0.6) is 11.5 Å². The Labute approximate surface area is 192 Å². The van der Waals surface area contributed by atoms with Gasteiger partial charge in [0.15, 0.2) is 17.3 Å². The fourth-order valence-electron chi connectivity index (χ4n) is 4.68. The summed E-state index contributed by atoms with van der Waals surface area (Å²) in [6, 6.07) is 16.6. The van der Waals surface area contributed by atoms with E-state index in [-0.39, 0.29) is 17.6 Å². The van der Waals surface area contributed by atoms with E-state index in [0.717, 1.165) is 42.6 Å². The van der Waals surface area contributed by atoms with E-state index in [0.29, 0.717) is 31.2 Å². The second-order valence-corrected chi connectivity index (χ2v) is 8.46. The topological polar surface area (TPSA) is 89.8 Å². The number of fused-ring (bicyclic) bond motifs is 1. The number of benzene rings is 2. The molecule has 0 saturated heterocycles. The Balaban J connectivity index is 1.29. The Bertz CT molecular complexity index is 1150. The molecule has 0 bridgehead atoms. The van der Waals surface area contributed by atoms with Gasteiger partial charge in [0.2, 0.25) is 5.91 Å². The Kier molecular flexibility index (Phi) is 5.77. The quantitative estimate of drug-likeness (QED) is 0.585. The van der Waals surface area contributed by atoms with E-state index in [9.17, 15) is 9.59 Å². The van der Waals surface area contributed by atoms with Crippen molar-refractivity contribution in [1.29, 1.82) is 0 Å². The van der Waals surface area contributed by atoms with E-state index in [4.69, 9.17) is 13.9 Å². The maximum absolute atomic E-state index is 13.5. The number of amides is 2. The summed E-state index contributed by atoms with van der Waals surface area (Å²) in [6.45, 7) is 1.43. The first-order valence-corrected chi connectivity index (χ1v) is 11.3. The van der Waals surface area contributed by atoms with Crippen molar-refractivity contribution < 1.29 is 23.5 Å². The first kappa shape index (κ1) is 21.1. The fourth-order valence-corrected chi connectivity index (χ4v) is 4.68. The summed E-state index contributed by atoms with van der Waals surface area (Å²) in [5, 5.41) is 5.94. The van der Waals surface area contributed by atoms with Gasteiger partial charge in [-0.25, -0.2) is 0 Å². The Morgan fingerprint density at radius 2 is 1.73 bits per heavy atom. The summed E-state index contributed by atoms with van der Waals surface area (Å²) < 4.78 is 16.5. The van der Waals surface area contributed by atoms with Gasteiger partial charge in [-0.15, -0.1) is 0 Å². The van der Waals surface area contributed by atoms with Gasteiger partial charge in [0.1, 0.15) is 13.2 Å². The standard InChI is InChI=1S/C26H26N2O5/c29-24(22-7-4-12-31-22)28-20-6-3-5-18(15-20)17-27-25(30)26(10-1-2-11-26)19-8-9-21-23(16-19)33-14-13-32-21/h3-9,12,15-16H,1-2,10-11,13-14,17H2,(H,27,30)(H,28,29). The number of rotatable bonds is 6. The van der Waals surface area contributed by atoms with Crippen molar-refractivity contribution in [2.75, 3.05) is 18.5 Å². The van der Waals surface area contributed by atoms with Crippen LogP contribution in [-0.4, -0.2) is 25.0 Å². The number of ether oxygens (including phenoxy) is 2. The Hall–Kier alpha value is -3.74. The maximum Gasteiger partial charge on any atom is 0.291 e. The van der Waals surface area contributed by atoms with Gasteiger partial charge in [0.25, 0.3) is 5.91 Å². The average Bonchev–Trinajstić information content (AvgIpc) is 3.56. The molecule has 1 aromatic heterocycles. The number of anilines is 1. The third-order valence-electron chi connectivity index (χ3n) is 6.37. The lowest BCUT2D eigenvalue weighted by Crippen LogP contribution is -2.42. The lowest BCUT2D eigenvalue weighted by atomic mass is 9.77. The first-order chi connectivity index (χ1) is 16.1. The number of hydrogen-bond donors (Lipinski definition) is 2. The largest absolute Gasteiger partial charge is 0.486 e. The number of hydrogen-bond acceptors (Lipinski definition) is 5. The van der Waals surface area contributed by atoms with Crippen molar-refractivity contribution in [3.05, 3.63) is 77.7 Å². The van der Waals surface area contributed by atoms with E-state index in [1.807, 2.05) is 36.4 Å². The van der Waals surface area contributed by atoms with Crippen LogP contribution in [0.4, 0.5) is 5.69 Å². The van der Waals surface area contributed by atoms with Gasteiger partial charge in [-0.3, -0.25) is 9.59 Å². The maximum atomic E-state index is 13.5. The molecule has 0 spiro atoms. The first-order valence-electron chi connectivity index (χ1n) is 11.3. The van der Waals surface area contributed by atoms with E-state index in [1.54, 1.807) is 18.2 Å². The molecule has 0 atom stereocenters. The predicted octanol–water partition coefficient (Wildman–Crippen LogP) is 4.43. The van der Waals surface area contributed by atoms with Gasteiger partial charge in [-0.2, -0.15) is 0 Å². The van der Waals surface area contributed by atoms with Crippen LogP contribution in [-0.2, 0) is 16.8 Å². The number of carbonyl (C=O) groups is 2. The van der Waals surface area contributed by atoms with Crippen LogP contribution in [0.15, 0.2) is 65.3 Å². The smallest absolute Gasteiger partial charge is 0.291 e. The zero-order valence-electron chi connectivity index (χ0n) is 18.3. The summed E-state index contributed by atoms with van der Waals surface area (Å²) in [5.74, 6) is 1.38. The highest BCUT2D eigenvalue weighted by Crippen LogP contribution is 2.44. The Morgan fingerprint density at radius 3 is 2.52 bits per heavy atom. The van der Waals surface area contributed by atoms with E-state index in [1.165, 1.54) is 6.26 Å². The second kappa shape index (κ2) is 9.02. The molecule has 5 rings (SSSR count). The van der Waals surface area contributed by atoms with Crippen molar-refractivity contribution in [3.8, 4) is 11.5 Å². The van der Waals surface area contributed by atoms with Gasteiger partial charge in [-0.1, -0.05) is 31.0 Å². The summed E-state index contributed by atoms with van der Waals surface area (Å²) in [4.78, 5) is 25.7. The van der Waals surface area contributed by atoms with Gasteiger partial charge >= 0.3 is 0 Å². The zero-order chi connectivity index (χ0) is 22.7. The zero-order valence-corrected chi connectivity index (χ0v) is 18.3. The van der Waals surface area contributed by atoms with Crippen LogP contribution in [0.3, 0.4) is 0 Å². The molecule has 3 aromatic rings. The van der Waals surface area contributed by atoms with Crippen molar-refractivity contribution in [2.45, 2.75) is 37.6 Å². The summed E-state index contributed by atoms with van der Waals surface area (Å²) >= 11 is 0. The molecule has 170 valence electrons. The van der Waals surface area contributed by atoms with Crippen LogP contribution in [0.2, 0.25) is 0 Å². The van der Waals surface area contributed by atoms with E-state index >= 15 is 0 Å². The molecule has 2 heterocycles. The molecule has 2 amide bonds. The number of furan rings is 1. The highest BCUT2D eigenvalue weighted by Gasteiger charge is 2.43. The van der Waals surface area contributed by atoms with Crippen molar-refractivity contribution in [3.63, 3.8) is 0 Å². The van der Waals surface area contributed by atoms with Gasteiger partial charge in [0, 0.05) is 12.2 Å². The molecule has 7 nitrogen and oxygen atoms in total. The van der Waals surface area contributed by atoms with Crippen LogP contribution < -0.4 is 20.1 Å². The molecule has 1 saturated carbocycles. The number of nitrogens with one attached hydrogen (secondary N) is 2. The third-order valence-corrected chi connectivity index (χ3v) is 6.37.